The third-order valence-electron chi connectivity index (χ3n) is 11.9. The predicted octanol–water partition coefficient (Wildman–Crippen LogP) is 19.6. The molecule has 0 radical (unpaired) electrons. The summed E-state index contributed by atoms with van der Waals surface area (Å²) in [7, 11) is 0. The lowest BCUT2D eigenvalue weighted by Gasteiger charge is -2.18. The first-order chi connectivity index (χ1) is 35.0. The Bertz CT molecular complexity index is 1500. The lowest BCUT2D eigenvalue weighted by molar-refractivity contribution is -0.167. The van der Waals surface area contributed by atoms with E-state index in [1.54, 1.807) is 0 Å². The van der Waals surface area contributed by atoms with Crippen molar-refractivity contribution < 1.29 is 28.6 Å². The Kier molecular flexibility index (Phi) is 54.9. The van der Waals surface area contributed by atoms with Gasteiger partial charge >= 0.3 is 17.9 Å². The molecule has 71 heavy (non-hydrogen) atoms. The van der Waals surface area contributed by atoms with E-state index in [9.17, 15) is 14.4 Å². The normalized spacial score (nSPS) is 13.0. The van der Waals surface area contributed by atoms with E-state index in [1.807, 2.05) is 0 Å². The van der Waals surface area contributed by atoms with Crippen LogP contribution in [0.3, 0.4) is 0 Å². The zero-order valence-electron chi connectivity index (χ0n) is 45.9. The Morgan fingerprint density at radius 1 is 0.296 bits per heavy atom. The van der Waals surface area contributed by atoms with E-state index in [4.69, 9.17) is 14.2 Å². The van der Waals surface area contributed by atoms with Gasteiger partial charge in [-0.3, -0.25) is 14.4 Å². The standard InChI is InChI=1S/C65H106O6/c1-4-7-10-13-16-19-22-25-28-30-32-34-37-39-42-45-48-51-54-57-63(66)69-60-62(71-65(68)59-56-53-50-47-44-41-36-27-24-21-18-15-12-9-6-3)61-70-64(67)58-55-52-49-46-43-40-38-35-33-31-29-26-23-20-17-14-11-8-5-2/h7,10,16-21,25-29,32,34,36,39,42,44,47,62H,4-6,8-9,11-15,22-24,30-31,33,35,37-38,40-41,43,45-46,48-61H2,1-3H3/b10-7-,19-16-,20-17-,21-18-,28-25-,29-26-,34-32-,36-27-,42-39-,47-44-/t62-/m1/s1. The Morgan fingerprint density at radius 2 is 0.549 bits per heavy atom. The summed E-state index contributed by atoms with van der Waals surface area (Å²) in [6.07, 6.45) is 80.4. The first kappa shape index (κ1) is 66.8. The second-order valence-corrected chi connectivity index (χ2v) is 18.8. The molecule has 0 aromatic rings. The van der Waals surface area contributed by atoms with Crippen molar-refractivity contribution in [3.05, 3.63) is 122 Å². The fourth-order valence-electron chi connectivity index (χ4n) is 7.56. The fraction of sp³-hybridized carbons (Fsp3) is 0.646. The maximum Gasteiger partial charge on any atom is 0.306 e. The number of esters is 3. The van der Waals surface area contributed by atoms with Gasteiger partial charge in [-0.1, -0.05) is 219 Å². The number of carbonyl (C=O) groups excluding carboxylic acids is 3. The largest absolute Gasteiger partial charge is 0.462 e. The smallest absolute Gasteiger partial charge is 0.306 e. The number of hydrogen-bond acceptors (Lipinski definition) is 6. The van der Waals surface area contributed by atoms with Crippen molar-refractivity contribution in [3.8, 4) is 0 Å². The van der Waals surface area contributed by atoms with Crippen LogP contribution in [0.4, 0.5) is 0 Å². The third-order valence-corrected chi connectivity index (χ3v) is 11.9. The quantitative estimate of drug-likeness (QED) is 0.0261. The van der Waals surface area contributed by atoms with Gasteiger partial charge in [-0.15, -0.1) is 0 Å². The average Bonchev–Trinajstić information content (AvgIpc) is 3.37. The van der Waals surface area contributed by atoms with Gasteiger partial charge in [0.15, 0.2) is 6.10 Å². The molecule has 402 valence electrons. The lowest BCUT2D eigenvalue weighted by Crippen LogP contribution is -2.30. The van der Waals surface area contributed by atoms with Gasteiger partial charge in [0.25, 0.3) is 0 Å². The molecule has 0 fully saturated rings. The summed E-state index contributed by atoms with van der Waals surface area (Å²) >= 11 is 0. The zero-order chi connectivity index (χ0) is 51.4. The molecule has 1 atom stereocenters. The van der Waals surface area contributed by atoms with Crippen LogP contribution >= 0.6 is 0 Å². The molecule has 0 aliphatic heterocycles. The molecule has 0 rings (SSSR count). The van der Waals surface area contributed by atoms with Gasteiger partial charge in [0, 0.05) is 19.3 Å². The molecule has 0 aliphatic rings. The summed E-state index contributed by atoms with van der Waals surface area (Å²) in [6, 6.07) is 0. The minimum Gasteiger partial charge on any atom is -0.462 e. The van der Waals surface area contributed by atoms with E-state index >= 15 is 0 Å². The molecular formula is C65H106O6. The molecule has 0 N–H and O–H groups in total. The Labute approximate surface area is 437 Å². The highest BCUT2D eigenvalue weighted by molar-refractivity contribution is 5.71. The molecule has 0 aliphatic carbocycles. The molecule has 0 unspecified atom stereocenters. The number of carbonyl (C=O) groups is 3. The minimum absolute atomic E-state index is 0.109. The lowest BCUT2D eigenvalue weighted by atomic mass is 10.1. The molecular weight excluding hydrogens is 877 g/mol. The highest BCUT2D eigenvalue weighted by Crippen LogP contribution is 2.14. The Hall–Kier alpha value is -4.19. The summed E-state index contributed by atoms with van der Waals surface area (Å²) in [5.41, 5.74) is 0. The molecule has 0 saturated heterocycles. The second-order valence-electron chi connectivity index (χ2n) is 18.8. The minimum atomic E-state index is -0.818. The average molecular weight is 984 g/mol. The van der Waals surface area contributed by atoms with Gasteiger partial charge in [0.2, 0.25) is 0 Å². The van der Waals surface area contributed by atoms with Crippen LogP contribution in [0, 0.1) is 0 Å². The molecule has 6 nitrogen and oxygen atoms in total. The van der Waals surface area contributed by atoms with Gasteiger partial charge < -0.3 is 14.2 Å². The van der Waals surface area contributed by atoms with Crippen molar-refractivity contribution in [2.75, 3.05) is 13.2 Å². The Balaban J connectivity index is 4.51. The van der Waals surface area contributed by atoms with Crippen LogP contribution in [0.15, 0.2) is 122 Å². The fourth-order valence-corrected chi connectivity index (χ4v) is 7.56. The van der Waals surface area contributed by atoms with Gasteiger partial charge in [-0.05, 0) is 135 Å². The van der Waals surface area contributed by atoms with E-state index in [-0.39, 0.29) is 37.5 Å². The van der Waals surface area contributed by atoms with Crippen LogP contribution in [-0.2, 0) is 28.6 Å². The van der Waals surface area contributed by atoms with Crippen molar-refractivity contribution in [1.82, 2.24) is 0 Å². The van der Waals surface area contributed by atoms with Gasteiger partial charge in [-0.25, -0.2) is 0 Å². The van der Waals surface area contributed by atoms with Crippen LogP contribution < -0.4 is 0 Å². The topological polar surface area (TPSA) is 78.9 Å². The SMILES string of the molecule is CC/C=C\C/C=C\C/C=C\C/C=C\C/C=C\CCCCCC(=O)OC[C@H](COC(=O)CCCCCCCCCCC/C=C\C/C=C\CCCCC)OC(=O)CCCC/C=C\C/C=C\C/C=C\CCCCC. The van der Waals surface area contributed by atoms with Crippen LogP contribution in [0.25, 0.3) is 0 Å². The monoisotopic (exact) mass is 983 g/mol. The number of unbranched alkanes of at least 4 members (excludes halogenated alkanes) is 20. The summed E-state index contributed by atoms with van der Waals surface area (Å²) in [6.45, 7) is 6.41. The van der Waals surface area contributed by atoms with Crippen LogP contribution in [0.1, 0.15) is 252 Å². The van der Waals surface area contributed by atoms with E-state index in [0.29, 0.717) is 19.3 Å². The molecule has 0 heterocycles. The summed E-state index contributed by atoms with van der Waals surface area (Å²) < 4.78 is 16.8. The molecule has 6 heteroatoms. The highest BCUT2D eigenvalue weighted by Gasteiger charge is 2.19. The summed E-state index contributed by atoms with van der Waals surface area (Å²) in [4.78, 5) is 38.2. The van der Waals surface area contributed by atoms with Crippen LogP contribution in [0.5, 0.6) is 0 Å². The summed E-state index contributed by atoms with van der Waals surface area (Å²) in [5.74, 6) is -0.987. The first-order valence-electron chi connectivity index (χ1n) is 29.0. The second kappa shape index (κ2) is 58.4. The zero-order valence-corrected chi connectivity index (χ0v) is 45.9. The molecule has 0 aromatic carbocycles. The van der Waals surface area contributed by atoms with Crippen molar-refractivity contribution in [3.63, 3.8) is 0 Å². The van der Waals surface area contributed by atoms with Crippen LogP contribution in [0.2, 0.25) is 0 Å². The van der Waals surface area contributed by atoms with Crippen molar-refractivity contribution in [2.45, 2.75) is 258 Å². The van der Waals surface area contributed by atoms with E-state index in [1.165, 1.54) is 96.3 Å². The molecule has 0 aromatic heterocycles. The number of hydrogen-bond donors (Lipinski definition) is 0. The first-order valence-corrected chi connectivity index (χ1v) is 29.0. The van der Waals surface area contributed by atoms with E-state index in [0.717, 1.165) is 109 Å². The van der Waals surface area contributed by atoms with Crippen molar-refractivity contribution >= 4 is 17.9 Å². The van der Waals surface area contributed by atoms with E-state index in [2.05, 4.69) is 142 Å². The maximum atomic E-state index is 12.8. The highest BCUT2D eigenvalue weighted by atomic mass is 16.6. The van der Waals surface area contributed by atoms with Crippen LogP contribution in [-0.4, -0.2) is 37.2 Å². The summed E-state index contributed by atoms with van der Waals surface area (Å²) in [5, 5.41) is 0. The molecule has 0 bridgehead atoms. The van der Waals surface area contributed by atoms with Gasteiger partial charge in [0.05, 0.1) is 0 Å². The molecule has 0 amide bonds. The number of ether oxygens (including phenoxy) is 3. The third kappa shape index (κ3) is 56.6. The maximum absolute atomic E-state index is 12.8. The van der Waals surface area contributed by atoms with E-state index < -0.39 is 6.10 Å². The Morgan fingerprint density at radius 3 is 0.901 bits per heavy atom. The van der Waals surface area contributed by atoms with Gasteiger partial charge in [-0.2, -0.15) is 0 Å². The molecule has 0 spiro atoms. The van der Waals surface area contributed by atoms with Crippen molar-refractivity contribution in [2.24, 2.45) is 0 Å². The van der Waals surface area contributed by atoms with Gasteiger partial charge in [0.1, 0.15) is 13.2 Å². The number of rotatable bonds is 51. The predicted molar refractivity (Wildman–Crippen MR) is 306 cm³/mol. The number of allylic oxidation sites excluding steroid dienone is 20. The molecule has 0 saturated carbocycles. The van der Waals surface area contributed by atoms with Crippen molar-refractivity contribution in [1.29, 1.82) is 0 Å².